The first-order valence-corrected chi connectivity index (χ1v) is 6.66. The molecule has 1 aliphatic heterocycles. The van der Waals surface area contributed by atoms with Gasteiger partial charge in [-0.3, -0.25) is 4.79 Å². The first-order valence-electron chi connectivity index (χ1n) is 6.66. The van der Waals surface area contributed by atoms with Gasteiger partial charge in [-0.05, 0) is 31.7 Å². The summed E-state index contributed by atoms with van der Waals surface area (Å²) in [7, 11) is 0. The smallest absolute Gasteiger partial charge is 0.222 e. The maximum absolute atomic E-state index is 12.0. The Bertz CT molecular complexity index is 417. The first-order chi connectivity index (χ1) is 8.65. The van der Waals surface area contributed by atoms with Crippen LogP contribution in [-0.4, -0.2) is 35.1 Å². The van der Waals surface area contributed by atoms with Crippen molar-refractivity contribution in [1.82, 2.24) is 4.90 Å². The molecule has 1 N–H and O–H groups in total. The third kappa shape index (κ3) is 3.57. The molecule has 1 amide bonds. The van der Waals surface area contributed by atoms with Crippen LogP contribution in [0.2, 0.25) is 0 Å². The van der Waals surface area contributed by atoms with Gasteiger partial charge >= 0.3 is 0 Å². The molecule has 1 aromatic rings. The number of aryl methyl sites for hydroxylation is 2. The molecule has 0 spiro atoms. The third-order valence-corrected chi connectivity index (χ3v) is 3.46. The van der Waals surface area contributed by atoms with E-state index in [2.05, 4.69) is 25.1 Å². The number of carbonyl (C=O) groups excluding carboxylic acids is 1. The van der Waals surface area contributed by atoms with Crippen molar-refractivity contribution < 1.29 is 9.90 Å². The van der Waals surface area contributed by atoms with Gasteiger partial charge in [0.05, 0.1) is 6.10 Å². The maximum atomic E-state index is 12.0. The quantitative estimate of drug-likeness (QED) is 0.886. The van der Waals surface area contributed by atoms with E-state index < -0.39 is 0 Å². The van der Waals surface area contributed by atoms with Gasteiger partial charge in [0.2, 0.25) is 5.91 Å². The van der Waals surface area contributed by atoms with Crippen LogP contribution >= 0.6 is 0 Å². The van der Waals surface area contributed by atoms with Gasteiger partial charge in [-0.15, -0.1) is 0 Å². The van der Waals surface area contributed by atoms with Crippen LogP contribution in [0.25, 0.3) is 0 Å². The van der Waals surface area contributed by atoms with Gasteiger partial charge < -0.3 is 10.0 Å². The summed E-state index contributed by atoms with van der Waals surface area (Å²) in [5, 5.41) is 9.56. The summed E-state index contributed by atoms with van der Waals surface area (Å²) < 4.78 is 0. The minimum atomic E-state index is -0.332. The van der Waals surface area contributed by atoms with Crippen LogP contribution in [-0.2, 0) is 11.2 Å². The molecular formula is C15H21NO2. The van der Waals surface area contributed by atoms with E-state index in [1.165, 1.54) is 11.1 Å². The molecule has 1 aromatic carbocycles. The van der Waals surface area contributed by atoms with Gasteiger partial charge in [-0.2, -0.15) is 0 Å². The number of nitrogens with zero attached hydrogens (tertiary/aromatic N) is 1. The Morgan fingerprint density at radius 1 is 1.50 bits per heavy atom. The van der Waals surface area contributed by atoms with E-state index in [0.29, 0.717) is 13.0 Å². The molecule has 1 heterocycles. The van der Waals surface area contributed by atoms with Crippen LogP contribution in [0.1, 0.15) is 30.4 Å². The van der Waals surface area contributed by atoms with Crippen LogP contribution in [0.5, 0.6) is 0 Å². The number of carbonyl (C=O) groups is 1. The third-order valence-electron chi connectivity index (χ3n) is 3.46. The fourth-order valence-electron chi connectivity index (χ4n) is 2.46. The Kier molecular flexibility index (Phi) is 4.37. The monoisotopic (exact) mass is 247 g/mol. The highest BCUT2D eigenvalue weighted by molar-refractivity contribution is 5.76. The average Bonchev–Trinajstić information content (AvgIpc) is 2.36. The molecule has 0 aromatic heterocycles. The predicted molar refractivity (Wildman–Crippen MR) is 71.3 cm³/mol. The molecule has 0 bridgehead atoms. The van der Waals surface area contributed by atoms with E-state index in [4.69, 9.17) is 0 Å². The fraction of sp³-hybridized carbons (Fsp3) is 0.533. The SMILES string of the molecule is Cc1cccc(CCC(=O)N2CCCC(O)C2)c1. The molecule has 98 valence electrons. The standard InChI is InChI=1S/C15H21NO2/c1-12-4-2-5-13(10-12)7-8-15(18)16-9-3-6-14(17)11-16/h2,4-5,10,14,17H,3,6-9,11H2,1H3. The lowest BCUT2D eigenvalue weighted by Crippen LogP contribution is -2.42. The van der Waals surface area contributed by atoms with E-state index in [0.717, 1.165) is 25.8 Å². The molecule has 1 unspecified atom stereocenters. The summed E-state index contributed by atoms with van der Waals surface area (Å²) in [6, 6.07) is 8.27. The van der Waals surface area contributed by atoms with E-state index in [-0.39, 0.29) is 12.0 Å². The van der Waals surface area contributed by atoms with E-state index in [1.54, 1.807) is 4.90 Å². The summed E-state index contributed by atoms with van der Waals surface area (Å²) in [6.07, 6.45) is 2.73. The Labute approximate surface area is 108 Å². The van der Waals surface area contributed by atoms with Crippen molar-refractivity contribution >= 4 is 5.91 Å². The summed E-state index contributed by atoms with van der Waals surface area (Å²) in [5.74, 6) is 0.162. The van der Waals surface area contributed by atoms with Crippen molar-refractivity contribution in [2.75, 3.05) is 13.1 Å². The topological polar surface area (TPSA) is 40.5 Å². The van der Waals surface area contributed by atoms with Crippen LogP contribution in [0.4, 0.5) is 0 Å². The number of likely N-dealkylation sites (tertiary alicyclic amines) is 1. The number of aliphatic hydroxyl groups is 1. The summed E-state index contributed by atoms with van der Waals surface area (Å²) >= 11 is 0. The Hall–Kier alpha value is -1.35. The highest BCUT2D eigenvalue weighted by atomic mass is 16.3. The maximum Gasteiger partial charge on any atom is 0.222 e. The number of amides is 1. The van der Waals surface area contributed by atoms with Crippen molar-refractivity contribution in [1.29, 1.82) is 0 Å². The minimum absolute atomic E-state index is 0.162. The number of hydrogen-bond donors (Lipinski definition) is 1. The van der Waals surface area contributed by atoms with Crippen LogP contribution < -0.4 is 0 Å². The van der Waals surface area contributed by atoms with Gasteiger partial charge in [0.15, 0.2) is 0 Å². The van der Waals surface area contributed by atoms with Gasteiger partial charge in [0.1, 0.15) is 0 Å². The van der Waals surface area contributed by atoms with Gasteiger partial charge in [0, 0.05) is 19.5 Å². The molecule has 0 aliphatic carbocycles. The average molecular weight is 247 g/mol. The number of hydrogen-bond acceptors (Lipinski definition) is 2. The number of benzene rings is 1. The zero-order chi connectivity index (χ0) is 13.0. The summed E-state index contributed by atoms with van der Waals surface area (Å²) in [4.78, 5) is 13.8. The van der Waals surface area contributed by atoms with Crippen molar-refractivity contribution in [3.63, 3.8) is 0 Å². The highest BCUT2D eigenvalue weighted by Gasteiger charge is 2.21. The molecule has 0 radical (unpaired) electrons. The number of β-amino-alcohol motifs (C(OH)–C–C–N with tert-alkyl or cyclic N) is 1. The van der Waals surface area contributed by atoms with Crippen LogP contribution in [0, 0.1) is 6.92 Å². The fourth-order valence-corrected chi connectivity index (χ4v) is 2.46. The molecule has 1 saturated heterocycles. The van der Waals surface area contributed by atoms with Crippen LogP contribution in [0.15, 0.2) is 24.3 Å². The van der Waals surface area contributed by atoms with Crippen molar-refractivity contribution in [3.05, 3.63) is 35.4 Å². The number of rotatable bonds is 3. The Morgan fingerprint density at radius 3 is 3.06 bits per heavy atom. The van der Waals surface area contributed by atoms with Crippen LogP contribution in [0.3, 0.4) is 0 Å². The highest BCUT2D eigenvalue weighted by Crippen LogP contribution is 2.13. The van der Waals surface area contributed by atoms with Crippen molar-refractivity contribution in [2.45, 2.75) is 38.7 Å². The second-order valence-electron chi connectivity index (χ2n) is 5.12. The first kappa shape index (κ1) is 13.1. The lowest BCUT2D eigenvalue weighted by Gasteiger charge is -2.30. The Balaban J connectivity index is 1.84. The van der Waals surface area contributed by atoms with E-state index >= 15 is 0 Å². The number of piperidine rings is 1. The molecule has 1 aliphatic rings. The normalized spacial score (nSPS) is 19.9. The van der Waals surface area contributed by atoms with E-state index in [1.807, 2.05) is 6.07 Å². The second kappa shape index (κ2) is 6.01. The molecule has 3 heteroatoms. The second-order valence-corrected chi connectivity index (χ2v) is 5.12. The molecule has 18 heavy (non-hydrogen) atoms. The summed E-state index contributed by atoms with van der Waals surface area (Å²) in [6.45, 7) is 3.36. The predicted octanol–water partition coefficient (Wildman–Crippen LogP) is 1.91. The molecular weight excluding hydrogens is 226 g/mol. The minimum Gasteiger partial charge on any atom is -0.391 e. The zero-order valence-electron chi connectivity index (χ0n) is 10.9. The molecule has 2 rings (SSSR count). The zero-order valence-corrected chi connectivity index (χ0v) is 10.9. The lowest BCUT2D eigenvalue weighted by molar-refractivity contribution is -0.134. The van der Waals surface area contributed by atoms with E-state index in [9.17, 15) is 9.90 Å². The molecule has 0 saturated carbocycles. The van der Waals surface area contributed by atoms with Crippen molar-refractivity contribution in [3.8, 4) is 0 Å². The number of aliphatic hydroxyl groups excluding tert-OH is 1. The molecule has 1 fully saturated rings. The molecule has 3 nitrogen and oxygen atoms in total. The lowest BCUT2D eigenvalue weighted by atomic mass is 10.0. The summed E-state index contributed by atoms with van der Waals surface area (Å²) in [5.41, 5.74) is 2.44. The van der Waals surface area contributed by atoms with Crippen molar-refractivity contribution in [2.24, 2.45) is 0 Å². The van der Waals surface area contributed by atoms with Gasteiger partial charge in [0.25, 0.3) is 0 Å². The van der Waals surface area contributed by atoms with Gasteiger partial charge in [-0.1, -0.05) is 29.8 Å². The Morgan fingerprint density at radius 2 is 2.33 bits per heavy atom. The largest absolute Gasteiger partial charge is 0.391 e. The van der Waals surface area contributed by atoms with Gasteiger partial charge in [-0.25, -0.2) is 0 Å². The molecule has 1 atom stereocenters.